The van der Waals surface area contributed by atoms with E-state index in [4.69, 9.17) is 10.00 Å². The van der Waals surface area contributed by atoms with Gasteiger partial charge in [-0.05, 0) is 75.3 Å². The smallest absolute Gasteiger partial charge is 0.411 e. The minimum Gasteiger partial charge on any atom is -0.444 e. The molecule has 36 heavy (non-hydrogen) atoms. The second-order valence-corrected chi connectivity index (χ2v) is 10.5. The van der Waals surface area contributed by atoms with Gasteiger partial charge in [-0.2, -0.15) is 10.5 Å². The highest BCUT2D eigenvalue weighted by molar-refractivity contribution is 5.92. The molecular weight excluding hydrogens is 459 g/mol. The monoisotopic (exact) mass is 488 g/mol. The minimum atomic E-state index is -0.981. The van der Waals surface area contributed by atoms with Crippen molar-refractivity contribution in [3.05, 3.63) is 59.4 Å². The van der Waals surface area contributed by atoms with Crippen LogP contribution in [0.25, 0.3) is 11.1 Å². The van der Waals surface area contributed by atoms with Crippen LogP contribution >= 0.6 is 0 Å². The van der Waals surface area contributed by atoms with Gasteiger partial charge in [0.05, 0.1) is 11.6 Å². The van der Waals surface area contributed by atoms with Gasteiger partial charge in [-0.3, -0.25) is 9.69 Å². The number of nitrogens with zero attached hydrogens (tertiary/aromatic N) is 3. The third-order valence-corrected chi connectivity index (χ3v) is 6.90. The molecule has 0 aromatic heterocycles. The normalized spacial score (nSPS) is 21.4. The lowest BCUT2D eigenvalue weighted by Gasteiger charge is -2.35. The lowest BCUT2D eigenvalue weighted by Crippen LogP contribution is -2.58. The highest BCUT2D eigenvalue weighted by atomic mass is 19.1. The van der Waals surface area contributed by atoms with Gasteiger partial charge >= 0.3 is 6.09 Å². The molecule has 2 heterocycles. The van der Waals surface area contributed by atoms with Crippen molar-refractivity contribution < 1.29 is 18.7 Å². The van der Waals surface area contributed by atoms with E-state index in [0.717, 1.165) is 24.0 Å². The number of benzene rings is 2. The van der Waals surface area contributed by atoms with Gasteiger partial charge in [0.2, 0.25) is 5.91 Å². The van der Waals surface area contributed by atoms with Crippen LogP contribution in [0.15, 0.2) is 42.5 Å². The van der Waals surface area contributed by atoms with E-state index in [1.165, 1.54) is 12.1 Å². The summed E-state index contributed by atoms with van der Waals surface area (Å²) in [5, 5.41) is 21.5. The van der Waals surface area contributed by atoms with E-state index in [1.807, 2.05) is 24.3 Å². The van der Waals surface area contributed by atoms with Gasteiger partial charge < -0.3 is 10.1 Å². The summed E-state index contributed by atoms with van der Waals surface area (Å²) in [6, 6.07) is 14.9. The summed E-state index contributed by atoms with van der Waals surface area (Å²) >= 11 is 0. The number of hydrogen-bond acceptors (Lipinski definition) is 5. The molecule has 0 spiro atoms. The molecule has 0 unspecified atom stereocenters. The molecule has 1 N–H and O–H groups in total. The molecule has 2 aliphatic rings. The lowest BCUT2D eigenvalue weighted by molar-refractivity contribution is -0.131. The first-order valence-electron chi connectivity index (χ1n) is 12.1. The van der Waals surface area contributed by atoms with Crippen LogP contribution < -0.4 is 5.32 Å². The molecular formula is C28H29FN4O3. The second-order valence-electron chi connectivity index (χ2n) is 10.5. The Morgan fingerprint density at radius 3 is 2.33 bits per heavy atom. The predicted molar refractivity (Wildman–Crippen MR) is 131 cm³/mol. The van der Waals surface area contributed by atoms with Crippen LogP contribution in [0.3, 0.4) is 0 Å². The zero-order chi connectivity index (χ0) is 26.1. The van der Waals surface area contributed by atoms with E-state index in [1.54, 1.807) is 37.8 Å². The van der Waals surface area contributed by atoms with Crippen LogP contribution in [0.1, 0.15) is 57.6 Å². The van der Waals surface area contributed by atoms with E-state index >= 15 is 0 Å². The Labute approximate surface area is 210 Å². The molecule has 1 atom stereocenters. The Morgan fingerprint density at radius 2 is 1.78 bits per heavy atom. The summed E-state index contributed by atoms with van der Waals surface area (Å²) in [6.07, 6.45) is 2.38. The fourth-order valence-electron chi connectivity index (χ4n) is 5.18. The van der Waals surface area contributed by atoms with Gasteiger partial charge in [-0.25, -0.2) is 9.18 Å². The summed E-state index contributed by atoms with van der Waals surface area (Å²) in [5.74, 6) is -0.892. The Morgan fingerprint density at radius 1 is 1.14 bits per heavy atom. The molecule has 0 saturated carbocycles. The summed E-state index contributed by atoms with van der Waals surface area (Å²) in [5.41, 5.74) is 0.587. The molecule has 186 valence electrons. The summed E-state index contributed by atoms with van der Waals surface area (Å²) in [4.78, 5) is 27.9. The Bertz CT molecular complexity index is 1250. The largest absolute Gasteiger partial charge is 0.444 e. The standard InChI is InChI=1S/C28H29FN4O3/c1-27(2,3)36-26(35)33-23-10-12-28(33,13-11-23)25(34)32-22(17-31)14-18-4-6-19(7-5-18)20-8-9-21(16-30)24(29)15-20/h4-9,15,22-23H,10-14H2,1-3H3,(H,32,34)/t22-,23?,28?/m0/s1. The van der Waals surface area contributed by atoms with Gasteiger partial charge in [0, 0.05) is 12.5 Å². The topological polar surface area (TPSA) is 106 Å². The number of nitrogens with one attached hydrogen (secondary N) is 1. The molecule has 2 bridgehead atoms. The van der Waals surface area contributed by atoms with Crippen LogP contribution in [-0.4, -0.2) is 40.1 Å². The molecule has 2 fully saturated rings. The summed E-state index contributed by atoms with van der Waals surface area (Å²) in [6.45, 7) is 5.39. The first-order valence-corrected chi connectivity index (χ1v) is 12.1. The quantitative estimate of drug-likeness (QED) is 0.648. The van der Waals surface area contributed by atoms with E-state index in [2.05, 4.69) is 11.4 Å². The van der Waals surface area contributed by atoms with Crippen molar-refractivity contribution in [2.24, 2.45) is 0 Å². The van der Waals surface area contributed by atoms with Crippen molar-refractivity contribution in [3.63, 3.8) is 0 Å². The molecule has 8 heteroatoms. The molecule has 0 aliphatic carbocycles. The maximum atomic E-state index is 14.0. The maximum Gasteiger partial charge on any atom is 0.411 e. The molecule has 4 rings (SSSR count). The van der Waals surface area contributed by atoms with E-state index in [-0.39, 0.29) is 23.9 Å². The second kappa shape index (κ2) is 9.62. The summed E-state index contributed by atoms with van der Waals surface area (Å²) in [7, 11) is 0. The molecule has 7 nitrogen and oxygen atoms in total. The number of halogens is 1. The van der Waals surface area contributed by atoms with Crippen molar-refractivity contribution in [3.8, 4) is 23.3 Å². The van der Waals surface area contributed by atoms with E-state index in [9.17, 15) is 19.2 Å². The number of amides is 2. The van der Waals surface area contributed by atoms with Crippen molar-refractivity contribution in [1.82, 2.24) is 10.2 Å². The van der Waals surface area contributed by atoms with Crippen molar-refractivity contribution >= 4 is 12.0 Å². The van der Waals surface area contributed by atoms with Crippen LogP contribution in [0.2, 0.25) is 0 Å². The SMILES string of the molecule is CC(C)(C)OC(=O)N1C2CCC1(C(=O)N[C@H](C#N)Cc1ccc(-c3ccc(C#N)c(F)c3)cc1)CC2. The molecule has 2 amide bonds. The summed E-state index contributed by atoms with van der Waals surface area (Å²) < 4.78 is 19.5. The average molecular weight is 489 g/mol. The molecule has 2 aromatic rings. The van der Waals surface area contributed by atoms with E-state index < -0.39 is 29.1 Å². The first-order chi connectivity index (χ1) is 17.1. The third-order valence-electron chi connectivity index (χ3n) is 6.90. The van der Waals surface area contributed by atoms with Crippen LogP contribution in [0.5, 0.6) is 0 Å². The highest BCUT2D eigenvalue weighted by Crippen LogP contribution is 2.47. The number of rotatable bonds is 5. The zero-order valence-corrected chi connectivity index (χ0v) is 20.7. The predicted octanol–water partition coefficient (Wildman–Crippen LogP) is 4.85. The number of carbonyl (C=O) groups excluding carboxylic acids is 2. The number of ether oxygens (including phenoxy) is 1. The average Bonchev–Trinajstić information content (AvgIpc) is 3.40. The Kier molecular flexibility index (Phi) is 6.73. The van der Waals surface area contributed by atoms with Crippen LogP contribution in [-0.2, 0) is 16.0 Å². The van der Waals surface area contributed by atoms with Crippen LogP contribution in [0, 0.1) is 28.5 Å². The van der Waals surface area contributed by atoms with Crippen LogP contribution in [0.4, 0.5) is 9.18 Å². The van der Waals surface area contributed by atoms with Crippen molar-refractivity contribution in [2.75, 3.05) is 0 Å². The fourth-order valence-corrected chi connectivity index (χ4v) is 5.18. The molecule has 0 radical (unpaired) electrons. The maximum absolute atomic E-state index is 14.0. The van der Waals surface area contributed by atoms with Crippen molar-refractivity contribution in [1.29, 1.82) is 10.5 Å². The Hall–Kier alpha value is -3.91. The number of fused-ring (bicyclic) bond motifs is 2. The Balaban J connectivity index is 1.44. The molecule has 2 saturated heterocycles. The highest BCUT2D eigenvalue weighted by Gasteiger charge is 2.59. The van der Waals surface area contributed by atoms with Gasteiger partial charge in [0.25, 0.3) is 0 Å². The fraction of sp³-hybridized carbons (Fsp3) is 0.429. The third kappa shape index (κ3) is 4.90. The van der Waals surface area contributed by atoms with Gasteiger partial charge in [0.1, 0.15) is 29.1 Å². The van der Waals surface area contributed by atoms with Gasteiger partial charge in [-0.15, -0.1) is 0 Å². The zero-order valence-electron chi connectivity index (χ0n) is 20.7. The van der Waals surface area contributed by atoms with Gasteiger partial charge in [-0.1, -0.05) is 30.3 Å². The van der Waals surface area contributed by atoms with Crippen molar-refractivity contribution in [2.45, 2.75) is 76.1 Å². The molecule has 2 aliphatic heterocycles. The number of hydrogen-bond donors (Lipinski definition) is 1. The lowest BCUT2D eigenvalue weighted by atomic mass is 9.86. The van der Waals surface area contributed by atoms with Gasteiger partial charge in [0.15, 0.2) is 0 Å². The molecule has 2 aromatic carbocycles. The minimum absolute atomic E-state index is 0.0106. The first kappa shape index (κ1) is 25.2. The number of nitriles is 2. The van der Waals surface area contributed by atoms with E-state index in [0.29, 0.717) is 18.4 Å². The number of carbonyl (C=O) groups is 2.